The van der Waals surface area contributed by atoms with Crippen LogP contribution in [0.4, 0.5) is 9.18 Å². The van der Waals surface area contributed by atoms with E-state index in [0.717, 1.165) is 15.6 Å². The summed E-state index contributed by atoms with van der Waals surface area (Å²) < 4.78 is 19.8. The van der Waals surface area contributed by atoms with E-state index in [1.807, 2.05) is 24.3 Å². The number of carbonyl (C=O) groups excluding carboxylic acids is 1. The van der Waals surface area contributed by atoms with Crippen molar-refractivity contribution in [3.8, 4) is 23.0 Å². The van der Waals surface area contributed by atoms with Gasteiger partial charge >= 0.3 is 6.09 Å². The molecule has 0 saturated carbocycles. The predicted octanol–water partition coefficient (Wildman–Crippen LogP) is 5.48. The summed E-state index contributed by atoms with van der Waals surface area (Å²) in [5, 5.41) is 2.59. The van der Waals surface area contributed by atoms with E-state index in [1.54, 1.807) is 12.1 Å². The van der Waals surface area contributed by atoms with Crippen molar-refractivity contribution in [1.29, 1.82) is 0 Å². The second-order valence-corrected chi connectivity index (χ2v) is 7.52. The number of hydrogen-bond acceptors (Lipinski definition) is 2. The third kappa shape index (κ3) is 4.18. The largest absolute Gasteiger partial charge is 0.449 e. The van der Waals surface area contributed by atoms with Gasteiger partial charge in [0, 0.05) is 10.4 Å². The highest BCUT2D eigenvalue weighted by Crippen LogP contribution is 2.44. The van der Waals surface area contributed by atoms with E-state index >= 15 is 0 Å². The third-order valence-electron chi connectivity index (χ3n) is 4.82. The molecule has 0 heterocycles. The van der Waals surface area contributed by atoms with Gasteiger partial charge in [0.15, 0.2) is 0 Å². The van der Waals surface area contributed by atoms with Crippen LogP contribution in [-0.2, 0) is 4.74 Å². The molecule has 1 aliphatic rings. The van der Waals surface area contributed by atoms with E-state index in [9.17, 15) is 9.18 Å². The molecule has 0 aliphatic heterocycles. The van der Waals surface area contributed by atoms with E-state index in [0.29, 0.717) is 0 Å². The van der Waals surface area contributed by atoms with Crippen LogP contribution < -0.4 is 5.32 Å². The molecule has 3 aromatic rings. The summed E-state index contributed by atoms with van der Waals surface area (Å²) in [6, 6.07) is 20.9. The average molecular weight is 450 g/mol. The molecule has 0 unspecified atom stereocenters. The Morgan fingerprint density at radius 3 is 2.38 bits per heavy atom. The van der Waals surface area contributed by atoms with Gasteiger partial charge in [-0.15, -0.1) is 0 Å². The first-order chi connectivity index (χ1) is 14.1. The summed E-state index contributed by atoms with van der Waals surface area (Å²) in [4.78, 5) is 12.1. The summed E-state index contributed by atoms with van der Waals surface area (Å²) in [5.41, 5.74) is 4.95. The van der Waals surface area contributed by atoms with Crippen LogP contribution in [0.15, 0.2) is 71.2 Å². The van der Waals surface area contributed by atoms with Crippen molar-refractivity contribution in [3.05, 3.63) is 93.7 Å². The van der Waals surface area contributed by atoms with Gasteiger partial charge in [-0.3, -0.25) is 0 Å². The Morgan fingerprint density at radius 2 is 1.69 bits per heavy atom. The van der Waals surface area contributed by atoms with E-state index < -0.39 is 11.9 Å². The van der Waals surface area contributed by atoms with Crippen LogP contribution in [0.25, 0.3) is 11.1 Å². The zero-order chi connectivity index (χ0) is 20.2. The lowest BCUT2D eigenvalue weighted by molar-refractivity contribution is 0.144. The molecule has 1 aliphatic carbocycles. The number of carbonyl (C=O) groups is 1. The number of nitrogens with one attached hydrogen (secondary N) is 1. The highest BCUT2D eigenvalue weighted by molar-refractivity contribution is 9.10. The summed E-state index contributed by atoms with van der Waals surface area (Å²) >= 11 is 3.28. The second kappa shape index (κ2) is 8.50. The van der Waals surface area contributed by atoms with Crippen molar-refractivity contribution >= 4 is 22.0 Å². The minimum atomic E-state index is -0.545. The lowest BCUT2D eigenvalue weighted by Crippen LogP contribution is -2.26. The molecule has 0 fully saturated rings. The van der Waals surface area contributed by atoms with Gasteiger partial charge in [0.05, 0.1) is 12.1 Å². The summed E-state index contributed by atoms with van der Waals surface area (Å²) in [5.74, 6) is 5.05. The molecule has 0 spiro atoms. The SMILES string of the molecule is O=C(NCC#Cc1cc(Br)ccc1F)OCC1c2ccccc2-c2ccccc21. The van der Waals surface area contributed by atoms with Gasteiger partial charge in [0.1, 0.15) is 12.4 Å². The monoisotopic (exact) mass is 449 g/mol. The van der Waals surface area contributed by atoms with Gasteiger partial charge in [0.25, 0.3) is 0 Å². The normalized spacial score (nSPS) is 11.8. The molecule has 1 amide bonds. The molecule has 0 saturated heterocycles. The van der Waals surface area contributed by atoms with Crippen LogP contribution >= 0.6 is 15.9 Å². The lowest BCUT2D eigenvalue weighted by atomic mass is 9.98. The quantitative estimate of drug-likeness (QED) is 0.537. The smallest absolute Gasteiger partial charge is 0.407 e. The van der Waals surface area contributed by atoms with Crippen LogP contribution in [0.5, 0.6) is 0 Å². The molecule has 0 aromatic heterocycles. The molecule has 5 heteroatoms. The summed E-state index contributed by atoms with van der Waals surface area (Å²) in [7, 11) is 0. The maximum Gasteiger partial charge on any atom is 0.407 e. The minimum absolute atomic E-state index is 0.00926. The van der Waals surface area contributed by atoms with Gasteiger partial charge in [-0.05, 0) is 40.5 Å². The second-order valence-electron chi connectivity index (χ2n) is 6.61. The van der Waals surface area contributed by atoms with Crippen LogP contribution in [-0.4, -0.2) is 19.2 Å². The Labute approximate surface area is 177 Å². The topological polar surface area (TPSA) is 38.3 Å². The molecule has 4 rings (SSSR count). The van der Waals surface area contributed by atoms with Crippen LogP contribution in [0.3, 0.4) is 0 Å². The summed E-state index contributed by atoms with van der Waals surface area (Å²) in [6.45, 7) is 0.316. The van der Waals surface area contributed by atoms with Gasteiger partial charge in [-0.1, -0.05) is 76.3 Å². The van der Waals surface area contributed by atoms with E-state index in [-0.39, 0.29) is 24.6 Å². The Kier molecular flexibility index (Phi) is 5.64. The minimum Gasteiger partial charge on any atom is -0.449 e. The number of benzene rings is 3. The molecular formula is C24H17BrFNO2. The van der Waals surface area contributed by atoms with Crippen molar-refractivity contribution in [2.75, 3.05) is 13.2 Å². The fourth-order valence-electron chi connectivity index (χ4n) is 3.50. The number of halogens is 2. The highest BCUT2D eigenvalue weighted by Gasteiger charge is 2.28. The van der Waals surface area contributed by atoms with Crippen LogP contribution in [0, 0.1) is 17.7 Å². The first-order valence-electron chi connectivity index (χ1n) is 9.16. The molecule has 1 N–H and O–H groups in total. The standard InChI is InChI=1S/C24H17BrFNO2/c25-17-11-12-23(26)16(14-17)6-5-13-27-24(28)29-15-22-20-9-3-1-7-18(20)19-8-2-4-10-21(19)22/h1-4,7-12,14,22H,13,15H2,(H,27,28). The number of hydrogen-bond donors (Lipinski definition) is 1. The highest BCUT2D eigenvalue weighted by atomic mass is 79.9. The van der Waals surface area contributed by atoms with Crippen LogP contribution in [0.2, 0.25) is 0 Å². The van der Waals surface area contributed by atoms with E-state index in [1.165, 1.54) is 17.2 Å². The Balaban J connectivity index is 1.36. The van der Waals surface area contributed by atoms with Gasteiger partial charge in [-0.25, -0.2) is 9.18 Å². The van der Waals surface area contributed by atoms with Crippen molar-refractivity contribution < 1.29 is 13.9 Å². The molecule has 0 bridgehead atoms. The molecule has 3 nitrogen and oxygen atoms in total. The molecule has 144 valence electrons. The van der Waals surface area contributed by atoms with E-state index in [4.69, 9.17) is 4.74 Å². The number of fused-ring (bicyclic) bond motifs is 3. The maximum absolute atomic E-state index is 13.7. The zero-order valence-corrected chi connectivity index (χ0v) is 17.0. The van der Waals surface area contributed by atoms with Crippen molar-refractivity contribution in [2.24, 2.45) is 0 Å². The number of rotatable bonds is 3. The van der Waals surface area contributed by atoms with Crippen LogP contribution in [0.1, 0.15) is 22.6 Å². The first-order valence-corrected chi connectivity index (χ1v) is 9.95. The first kappa shape index (κ1) is 19.2. The van der Waals surface area contributed by atoms with Crippen molar-refractivity contribution in [2.45, 2.75) is 5.92 Å². The molecule has 0 radical (unpaired) electrons. The Morgan fingerprint density at radius 1 is 1.03 bits per heavy atom. The van der Waals surface area contributed by atoms with E-state index in [2.05, 4.69) is 57.4 Å². The third-order valence-corrected chi connectivity index (χ3v) is 5.31. The fraction of sp³-hybridized carbons (Fsp3) is 0.125. The number of ether oxygens (including phenoxy) is 1. The molecular weight excluding hydrogens is 433 g/mol. The Bertz CT molecular complexity index is 1090. The van der Waals surface area contributed by atoms with Gasteiger partial charge in [0.2, 0.25) is 0 Å². The molecule has 3 aromatic carbocycles. The lowest BCUT2D eigenvalue weighted by Gasteiger charge is -2.14. The van der Waals surface area contributed by atoms with Gasteiger partial charge < -0.3 is 10.1 Å². The van der Waals surface area contributed by atoms with Gasteiger partial charge in [-0.2, -0.15) is 0 Å². The number of amides is 1. The predicted molar refractivity (Wildman–Crippen MR) is 114 cm³/mol. The van der Waals surface area contributed by atoms with Crippen molar-refractivity contribution in [3.63, 3.8) is 0 Å². The number of alkyl carbamates (subject to hydrolysis) is 1. The maximum atomic E-state index is 13.7. The Hall–Kier alpha value is -3.10. The zero-order valence-electron chi connectivity index (χ0n) is 15.4. The summed E-state index contributed by atoms with van der Waals surface area (Å²) in [6.07, 6.45) is -0.545. The fourth-order valence-corrected chi connectivity index (χ4v) is 3.86. The molecule has 0 atom stereocenters. The van der Waals surface area contributed by atoms with Crippen molar-refractivity contribution in [1.82, 2.24) is 5.32 Å². The molecule has 29 heavy (non-hydrogen) atoms. The average Bonchev–Trinajstić information content (AvgIpc) is 3.06.